The van der Waals surface area contributed by atoms with Crippen LogP contribution in [0.1, 0.15) is 36.9 Å². The molecular weight excluding hydrogens is 548 g/mol. The number of nitrogens with zero attached hydrogens (tertiary/aromatic N) is 2. The molecule has 1 amide bonds. The highest BCUT2D eigenvalue weighted by molar-refractivity contribution is 7.22. The van der Waals surface area contributed by atoms with Gasteiger partial charge < -0.3 is 14.6 Å². The van der Waals surface area contributed by atoms with Gasteiger partial charge in [0.15, 0.2) is 28.2 Å². The summed E-state index contributed by atoms with van der Waals surface area (Å²) in [6.07, 6.45) is 4.89. The molecular formula is C31H27ClN2O5S. The molecule has 0 spiro atoms. The van der Waals surface area contributed by atoms with Crippen molar-refractivity contribution in [2.75, 3.05) is 18.6 Å². The van der Waals surface area contributed by atoms with E-state index in [1.807, 2.05) is 30.3 Å². The lowest BCUT2D eigenvalue weighted by Gasteiger charge is -2.25. The average Bonchev–Trinajstić information content (AvgIpc) is 3.50. The van der Waals surface area contributed by atoms with E-state index in [0.717, 1.165) is 23.1 Å². The Hall–Kier alpha value is -4.14. The van der Waals surface area contributed by atoms with E-state index < -0.39 is 23.5 Å². The number of thiazole rings is 1. The standard InChI is InChI=1S/C31H27ClN2O5S/c1-3-4-16-39-24-15-11-20(17-25(24)38-2)28-27(23(35)14-10-19-8-6-5-7-9-19)29(36)30(37)34(28)31-33-22-13-12-21(32)18-26(22)40-31/h5-15,17-18,28,36H,3-4,16H2,1-2H3/b14-10+. The van der Waals surface area contributed by atoms with E-state index in [0.29, 0.717) is 39.3 Å². The molecule has 0 fully saturated rings. The van der Waals surface area contributed by atoms with Crippen LogP contribution in [0.2, 0.25) is 5.02 Å². The molecule has 5 rings (SSSR count). The SMILES string of the molecule is CCCCOc1ccc(C2C(C(=O)/C=C/c3ccccc3)=C(O)C(=O)N2c2nc3ccc(Cl)cc3s2)cc1OC. The van der Waals surface area contributed by atoms with Crippen LogP contribution in [0.15, 0.2) is 84.1 Å². The van der Waals surface area contributed by atoms with Crippen LogP contribution in [-0.4, -0.2) is 35.5 Å². The summed E-state index contributed by atoms with van der Waals surface area (Å²) in [5, 5.41) is 11.9. The molecule has 1 aliphatic rings. The lowest BCUT2D eigenvalue weighted by Crippen LogP contribution is -2.30. The van der Waals surface area contributed by atoms with Gasteiger partial charge in [0.1, 0.15) is 0 Å². The summed E-state index contributed by atoms with van der Waals surface area (Å²) in [6, 6.07) is 18.9. The third kappa shape index (κ3) is 5.46. The lowest BCUT2D eigenvalue weighted by molar-refractivity contribution is -0.117. The molecule has 1 aliphatic heterocycles. The summed E-state index contributed by atoms with van der Waals surface area (Å²) < 4.78 is 12.3. The van der Waals surface area contributed by atoms with E-state index in [2.05, 4.69) is 11.9 Å². The summed E-state index contributed by atoms with van der Waals surface area (Å²) >= 11 is 7.43. The van der Waals surface area contributed by atoms with Gasteiger partial charge in [0, 0.05) is 5.02 Å². The molecule has 9 heteroatoms. The topological polar surface area (TPSA) is 89.0 Å². The Balaban J connectivity index is 1.60. The minimum absolute atomic E-state index is 0.0452. The highest BCUT2D eigenvalue weighted by Crippen LogP contribution is 2.45. The van der Waals surface area contributed by atoms with Crippen LogP contribution in [0.5, 0.6) is 11.5 Å². The number of allylic oxidation sites excluding steroid dienone is 1. The molecule has 1 N–H and O–H groups in total. The third-order valence-electron chi connectivity index (χ3n) is 6.50. The highest BCUT2D eigenvalue weighted by atomic mass is 35.5. The van der Waals surface area contributed by atoms with E-state index in [4.69, 9.17) is 21.1 Å². The van der Waals surface area contributed by atoms with Crippen molar-refractivity contribution in [2.45, 2.75) is 25.8 Å². The molecule has 0 saturated heterocycles. The normalized spacial score (nSPS) is 15.4. The van der Waals surface area contributed by atoms with E-state index in [-0.39, 0.29) is 5.57 Å². The Morgan fingerprint density at radius 2 is 1.93 bits per heavy atom. The van der Waals surface area contributed by atoms with Gasteiger partial charge in [-0.15, -0.1) is 0 Å². The fraction of sp³-hybridized carbons (Fsp3) is 0.194. The zero-order chi connectivity index (χ0) is 28.2. The van der Waals surface area contributed by atoms with Crippen LogP contribution in [0.4, 0.5) is 5.13 Å². The van der Waals surface area contributed by atoms with Crippen LogP contribution in [0.3, 0.4) is 0 Å². The van der Waals surface area contributed by atoms with Gasteiger partial charge in [0.2, 0.25) is 0 Å². The second-order valence-electron chi connectivity index (χ2n) is 9.17. The first-order valence-corrected chi connectivity index (χ1v) is 14.0. The Kier molecular flexibility index (Phi) is 8.19. The number of amides is 1. The predicted octanol–water partition coefficient (Wildman–Crippen LogP) is 7.32. The van der Waals surface area contributed by atoms with E-state index >= 15 is 0 Å². The summed E-state index contributed by atoms with van der Waals surface area (Å²) in [5.41, 5.74) is 1.98. The molecule has 7 nitrogen and oxygen atoms in total. The number of unbranched alkanes of at least 4 members (excludes halogenated alkanes) is 1. The Bertz CT molecular complexity index is 1630. The molecule has 1 atom stereocenters. The van der Waals surface area contributed by atoms with E-state index in [9.17, 15) is 14.7 Å². The summed E-state index contributed by atoms with van der Waals surface area (Å²) in [7, 11) is 1.53. The van der Waals surface area contributed by atoms with Crippen molar-refractivity contribution < 1.29 is 24.2 Å². The van der Waals surface area contributed by atoms with Crippen molar-refractivity contribution in [3.8, 4) is 11.5 Å². The smallest absolute Gasteiger partial charge is 0.296 e. The van der Waals surface area contributed by atoms with Gasteiger partial charge >= 0.3 is 0 Å². The van der Waals surface area contributed by atoms with Crippen molar-refractivity contribution in [1.29, 1.82) is 0 Å². The summed E-state index contributed by atoms with van der Waals surface area (Å²) in [6.45, 7) is 2.61. The number of hydrogen-bond donors (Lipinski definition) is 1. The van der Waals surface area contributed by atoms with Crippen LogP contribution in [0.25, 0.3) is 16.3 Å². The van der Waals surface area contributed by atoms with Crippen molar-refractivity contribution >= 4 is 56.1 Å². The second kappa shape index (κ2) is 11.9. The van der Waals surface area contributed by atoms with Gasteiger partial charge in [-0.2, -0.15) is 0 Å². The van der Waals surface area contributed by atoms with Gasteiger partial charge in [-0.3, -0.25) is 14.5 Å². The largest absolute Gasteiger partial charge is 0.503 e. The van der Waals surface area contributed by atoms with Crippen molar-refractivity contribution in [1.82, 2.24) is 4.98 Å². The minimum atomic E-state index is -0.949. The number of aromatic nitrogens is 1. The van der Waals surface area contributed by atoms with Gasteiger partial charge in [0.05, 0.1) is 35.5 Å². The van der Waals surface area contributed by atoms with E-state index in [1.165, 1.54) is 29.4 Å². The molecule has 3 aromatic carbocycles. The number of benzene rings is 3. The minimum Gasteiger partial charge on any atom is -0.503 e. The maximum absolute atomic E-state index is 13.6. The average molecular weight is 575 g/mol. The number of rotatable bonds is 10. The number of ketones is 1. The molecule has 204 valence electrons. The number of anilines is 1. The zero-order valence-electron chi connectivity index (χ0n) is 22.0. The Labute approximate surface area is 240 Å². The molecule has 0 radical (unpaired) electrons. The molecule has 2 heterocycles. The van der Waals surface area contributed by atoms with Crippen molar-refractivity contribution in [3.63, 3.8) is 0 Å². The number of halogens is 1. The van der Waals surface area contributed by atoms with Crippen LogP contribution >= 0.6 is 22.9 Å². The summed E-state index contributed by atoms with van der Waals surface area (Å²) in [4.78, 5) is 33.1. The number of aliphatic hydroxyl groups is 1. The highest BCUT2D eigenvalue weighted by Gasteiger charge is 2.45. The number of ether oxygens (including phenoxy) is 2. The van der Waals surface area contributed by atoms with Crippen LogP contribution in [0, 0.1) is 0 Å². The number of fused-ring (bicyclic) bond motifs is 1. The molecule has 0 saturated carbocycles. The molecule has 0 bridgehead atoms. The van der Waals surface area contributed by atoms with Crippen LogP contribution < -0.4 is 14.4 Å². The maximum atomic E-state index is 13.6. The maximum Gasteiger partial charge on any atom is 0.296 e. The van der Waals surface area contributed by atoms with Gasteiger partial charge in [-0.05, 0) is 54.0 Å². The number of hydrogen-bond acceptors (Lipinski definition) is 7. The first-order valence-electron chi connectivity index (χ1n) is 12.8. The van der Waals surface area contributed by atoms with Gasteiger partial charge in [0.25, 0.3) is 5.91 Å². The molecule has 1 unspecified atom stereocenters. The summed E-state index contributed by atoms with van der Waals surface area (Å²) in [5.74, 6) is -0.819. The fourth-order valence-electron chi connectivity index (χ4n) is 4.48. The second-order valence-corrected chi connectivity index (χ2v) is 10.6. The Morgan fingerprint density at radius 3 is 2.67 bits per heavy atom. The van der Waals surface area contributed by atoms with Crippen molar-refractivity contribution in [2.24, 2.45) is 0 Å². The fourth-order valence-corrected chi connectivity index (χ4v) is 5.75. The molecule has 40 heavy (non-hydrogen) atoms. The Morgan fingerprint density at radius 1 is 1.12 bits per heavy atom. The number of methoxy groups -OCH3 is 1. The number of carbonyl (C=O) groups is 2. The molecule has 4 aromatic rings. The van der Waals surface area contributed by atoms with Crippen LogP contribution in [-0.2, 0) is 9.59 Å². The third-order valence-corrected chi connectivity index (χ3v) is 7.76. The monoisotopic (exact) mass is 574 g/mol. The van der Waals surface area contributed by atoms with Gasteiger partial charge in [-0.25, -0.2) is 4.98 Å². The number of aliphatic hydroxyl groups excluding tert-OH is 1. The first-order chi connectivity index (χ1) is 19.4. The molecule has 1 aromatic heterocycles. The van der Waals surface area contributed by atoms with Crippen molar-refractivity contribution in [3.05, 3.63) is 100 Å². The quantitative estimate of drug-likeness (QED) is 0.158. The first kappa shape index (κ1) is 27.4. The molecule has 0 aliphatic carbocycles. The number of carbonyl (C=O) groups excluding carboxylic acids is 2. The van der Waals surface area contributed by atoms with E-state index in [1.54, 1.807) is 42.5 Å². The van der Waals surface area contributed by atoms with Gasteiger partial charge in [-0.1, -0.05) is 78.8 Å². The lowest BCUT2D eigenvalue weighted by atomic mass is 9.95. The zero-order valence-corrected chi connectivity index (χ0v) is 23.5. The predicted molar refractivity (Wildman–Crippen MR) is 158 cm³/mol.